The van der Waals surface area contributed by atoms with Crippen molar-refractivity contribution in [1.82, 2.24) is 15.5 Å². The van der Waals surface area contributed by atoms with E-state index in [1.165, 1.54) is 0 Å². The smallest absolute Gasteiger partial charge is 0.274 e. The van der Waals surface area contributed by atoms with E-state index in [1.54, 1.807) is 14.0 Å². The number of aryl methyl sites for hydroxylation is 1. The Kier molecular flexibility index (Phi) is 4.30. The molecule has 0 aliphatic carbocycles. The lowest BCUT2D eigenvalue weighted by Crippen LogP contribution is -2.34. The Morgan fingerprint density at radius 2 is 2.38 bits per heavy atom. The highest BCUT2D eigenvalue weighted by atomic mass is 16.5. The van der Waals surface area contributed by atoms with Crippen LogP contribution in [0.1, 0.15) is 29.5 Å². The van der Waals surface area contributed by atoms with Gasteiger partial charge in [-0.2, -0.15) is 5.10 Å². The molecule has 0 bridgehead atoms. The number of rotatable bonds is 5. The molecule has 1 atom stereocenters. The van der Waals surface area contributed by atoms with Gasteiger partial charge >= 0.3 is 0 Å². The summed E-state index contributed by atoms with van der Waals surface area (Å²) in [6, 6.07) is 0.0313. The molecule has 0 aliphatic rings. The first-order chi connectivity index (χ1) is 7.56. The molecular weight excluding hydrogens is 208 g/mol. The van der Waals surface area contributed by atoms with Crippen molar-refractivity contribution in [3.63, 3.8) is 0 Å². The Morgan fingerprint density at radius 1 is 1.69 bits per heavy atom. The Bertz CT molecular complexity index is 362. The van der Waals surface area contributed by atoms with Gasteiger partial charge in [0.15, 0.2) is 5.69 Å². The second kappa shape index (κ2) is 5.50. The molecule has 1 unspecified atom stereocenters. The Hall–Kier alpha value is -1.56. The number of H-pyrrole nitrogens is 1. The number of amides is 1. The van der Waals surface area contributed by atoms with Gasteiger partial charge < -0.3 is 15.8 Å². The summed E-state index contributed by atoms with van der Waals surface area (Å²) < 4.78 is 4.93. The van der Waals surface area contributed by atoms with E-state index in [-0.39, 0.29) is 17.6 Å². The number of nitrogens with two attached hydrogens (primary N) is 1. The number of ether oxygens (including phenoxy) is 1. The van der Waals surface area contributed by atoms with Crippen LogP contribution in [-0.2, 0) is 4.74 Å². The number of carbonyl (C=O) groups is 1. The minimum absolute atomic E-state index is 0.0313. The second-order valence-corrected chi connectivity index (χ2v) is 3.77. The summed E-state index contributed by atoms with van der Waals surface area (Å²) in [5, 5.41) is 9.33. The van der Waals surface area contributed by atoms with Gasteiger partial charge in [0.05, 0.1) is 11.4 Å². The second-order valence-electron chi connectivity index (χ2n) is 3.77. The highest BCUT2D eigenvalue weighted by Gasteiger charge is 2.16. The largest absolute Gasteiger partial charge is 0.395 e. The molecule has 0 aromatic carbocycles. The highest BCUT2D eigenvalue weighted by Crippen LogP contribution is 2.12. The third kappa shape index (κ3) is 2.96. The monoisotopic (exact) mass is 226 g/mol. The first-order valence-corrected chi connectivity index (χ1v) is 5.16. The molecule has 6 heteroatoms. The van der Waals surface area contributed by atoms with Crippen LogP contribution in [0.3, 0.4) is 0 Å². The lowest BCUT2D eigenvalue weighted by Gasteiger charge is -2.12. The summed E-state index contributed by atoms with van der Waals surface area (Å²) in [6.07, 6.45) is 0.756. The predicted molar refractivity (Wildman–Crippen MR) is 61.2 cm³/mol. The fraction of sp³-hybridized carbons (Fsp3) is 0.600. The van der Waals surface area contributed by atoms with Crippen LogP contribution >= 0.6 is 0 Å². The fourth-order valence-electron chi connectivity index (χ4n) is 1.27. The van der Waals surface area contributed by atoms with E-state index in [1.807, 2.05) is 6.92 Å². The maximum atomic E-state index is 11.7. The zero-order chi connectivity index (χ0) is 12.1. The average molecular weight is 226 g/mol. The van der Waals surface area contributed by atoms with Crippen molar-refractivity contribution in [2.24, 2.45) is 0 Å². The topological polar surface area (TPSA) is 93.0 Å². The van der Waals surface area contributed by atoms with Crippen LogP contribution in [0.5, 0.6) is 0 Å². The number of nitrogens with zero attached hydrogens (tertiary/aromatic N) is 1. The van der Waals surface area contributed by atoms with Crippen molar-refractivity contribution >= 4 is 11.6 Å². The van der Waals surface area contributed by atoms with Crippen LogP contribution in [0.15, 0.2) is 0 Å². The highest BCUT2D eigenvalue weighted by molar-refractivity contribution is 5.97. The van der Waals surface area contributed by atoms with Crippen LogP contribution in [0, 0.1) is 6.92 Å². The van der Waals surface area contributed by atoms with Crippen molar-refractivity contribution in [2.75, 3.05) is 19.5 Å². The van der Waals surface area contributed by atoms with Crippen LogP contribution < -0.4 is 11.1 Å². The number of methoxy groups -OCH3 is 1. The molecule has 0 saturated carbocycles. The van der Waals surface area contributed by atoms with E-state index in [4.69, 9.17) is 10.5 Å². The van der Waals surface area contributed by atoms with Gasteiger partial charge in [-0.3, -0.25) is 9.89 Å². The minimum Gasteiger partial charge on any atom is -0.395 e. The van der Waals surface area contributed by atoms with Gasteiger partial charge in [-0.1, -0.05) is 0 Å². The summed E-state index contributed by atoms with van der Waals surface area (Å²) in [6.45, 7) is 4.29. The number of nitrogen functional groups attached to an aromatic ring is 1. The zero-order valence-electron chi connectivity index (χ0n) is 9.83. The molecule has 0 fully saturated rings. The molecule has 16 heavy (non-hydrogen) atoms. The van der Waals surface area contributed by atoms with E-state index >= 15 is 0 Å². The summed E-state index contributed by atoms with van der Waals surface area (Å²) in [5.74, 6) is -0.259. The Balaban J connectivity index is 2.55. The maximum absolute atomic E-state index is 11.7. The standard InChI is InChI=1S/C10H18N4O2/c1-6(4-5-16-3)12-10(15)9-8(11)7(2)13-14-9/h6H,4-5,11H2,1-3H3,(H,12,15)(H,13,14). The minimum atomic E-state index is -0.259. The van der Waals surface area contributed by atoms with Crippen molar-refractivity contribution in [3.8, 4) is 0 Å². The molecule has 1 heterocycles. The Labute approximate surface area is 94.5 Å². The Morgan fingerprint density at radius 3 is 2.88 bits per heavy atom. The number of nitrogens with one attached hydrogen (secondary N) is 2. The maximum Gasteiger partial charge on any atom is 0.274 e. The van der Waals surface area contributed by atoms with E-state index in [2.05, 4.69) is 15.5 Å². The SMILES string of the molecule is COCCC(C)NC(=O)c1n[nH]c(C)c1N. The van der Waals surface area contributed by atoms with Gasteiger partial charge in [-0.15, -0.1) is 0 Å². The molecule has 0 radical (unpaired) electrons. The first-order valence-electron chi connectivity index (χ1n) is 5.16. The van der Waals surface area contributed by atoms with Gasteiger partial charge in [0.2, 0.25) is 0 Å². The molecule has 0 aliphatic heterocycles. The van der Waals surface area contributed by atoms with Crippen LogP contribution in [0.25, 0.3) is 0 Å². The lowest BCUT2D eigenvalue weighted by molar-refractivity contribution is 0.0925. The molecule has 0 saturated heterocycles. The zero-order valence-corrected chi connectivity index (χ0v) is 9.83. The van der Waals surface area contributed by atoms with Gasteiger partial charge in [-0.25, -0.2) is 0 Å². The van der Waals surface area contributed by atoms with Gasteiger partial charge in [-0.05, 0) is 20.3 Å². The average Bonchev–Trinajstić information content (AvgIpc) is 2.57. The normalized spacial score (nSPS) is 12.4. The first kappa shape index (κ1) is 12.5. The summed E-state index contributed by atoms with van der Waals surface area (Å²) in [4.78, 5) is 11.7. The number of hydrogen-bond acceptors (Lipinski definition) is 4. The summed E-state index contributed by atoms with van der Waals surface area (Å²) >= 11 is 0. The number of aromatic amines is 1. The van der Waals surface area contributed by atoms with Crippen molar-refractivity contribution in [3.05, 3.63) is 11.4 Å². The third-order valence-corrected chi connectivity index (χ3v) is 2.34. The van der Waals surface area contributed by atoms with E-state index in [9.17, 15) is 4.79 Å². The fourth-order valence-corrected chi connectivity index (χ4v) is 1.27. The van der Waals surface area contributed by atoms with Crippen LogP contribution in [-0.4, -0.2) is 35.9 Å². The molecule has 1 rings (SSSR count). The van der Waals surface area contributed by atoms with Gasteiger partial charge in [0.25, 0.3) is 5.91 Å². The number of aromatic nitrogens is 2. The molecule has 1 aromatic rings. The molecule has 1 amide bonds. The number of hydrogen-bond donors (Lipinski definition) is 3. The van der Waals surface area contributed by atoms with Gasteiger partial charge in [0, 0.05) is 19.8 Å². The van der Waals surface area contributed by atoms with Gasteiger partial charge in [0.1, 0.15) is 0 Å². The van der Waals surface area contributed by atoms with E-state index in [0.29, 0.717) is 18.0 Å². The van der Waals surface area contributed by atoms with Crippen LogP contribution in [0.4, 0.5) is 5.69 Å². The van der Waals surface area contributed by atoms with Crippen molar-refractivity contribution in [1.29, 1.82) is 0 Å². The van der Waals surface area contributed by atoms with E-state index < -0.39 is 0 Å². The molecule has 90 valence electrons. The number of carbonyl (C=O) groups excluding carboxylic acids is 1. The molecule has 0 spiro atoms. The van der Waals surface area contributed by atoms with E-state index in [0.717, 1.165) is 6.42 Å². The molecule has 1 aromatic heterocycles. The lowest BCUT2D eigenvalue weighted by atomic mass is 10.2. The summed E-state index contributed by atoms with van der Waals surface area (Å²) in [7, 11) is 1.63. The molecule has 6 nitrogen and oxygen atoms in total. The predicted octanol–water partition coefficient (Wildman–Crippen LogP) is 0.455. The molecular formula is C10H18N4O2. The van der Waals surface area contributed by atoms with Crippen molar-refractivity contribution < 1.29 is 9.53 Å². The quantitative estimate of drug-likeness (QED) is 0.679. The number of anilines is 1. The van der Waals surface area contributed by atoms with Crippen LogP contribution in [0.2, 0.25) is 0 Å². The van der Waals surface area contributed by atoms with Crippen molar-refractivity contribution in [2.45, 2.75) is 26.3 Å². The molecule has 4 N–H and O–H groups in total. The third-order valence-electron chi connectivity index (χ3n) is 2.34. The summed E-state index contributed by atoms with van der Waals surface area (Å²) in [5.41, 5.74) is 7.05.